The van der Waals surface area contributed by atoms with Crippen LogP contribution in [0.15, 0.2) is 41.1 Å². The lowest BCUT2D eigenvalue weighted by molar-refractivity contribution is -0.383. The zero-order chi connectivity index (χ0) is 16.7. The highest BCUT2D eigenvalue weighted by Gasteiger charge is 2.31. The van der Waals surface area contributed by atoms with Crippen LogP contribution in [0, 0.1) is 10.1 Å². The summed E-state index contributed by atoms with van der Waals surface area (Å²) in [5.41, 5.74) is 1.95. The number of benzene rings is 1. The fraction of sp³-hybridized carbons (Fsp3) is 0.235. The van der Waals surface area contributed by atoms with Crippen molar-refractivity contribution in [3.05, 3.63) is 62.5 Å². The highest BCUT2D eigenvalue weighted by Crippen LogP contribution is 2.35. The number of aromatic nitrogens is 1. The summed E-state index contributed by atoms with van der Waals surface area (Å²) in [6, 6.07) is 8.69. The third-order valence-corrected chi connectivity index (χ3v) is 5.20. The molecule has 1 aromatic carbocycles. The van der Waals surface area contributed by atoms with Crippen molar-refractivity contribution >= 4 is 33.8 Å². The Morgan fingerprint density at radius 3 is 3.00 bits per heavy atom. The number of carbonyl (C=O) groups is 1. The molecule has 0 bridgehead atoms. The maximum absolute atomic E-state index is 12.9. The maximum atomic E-state index is 12.9. The molecule has 1 amide bonds. The number of aromatic amines is 1. The van der Waals surface area contributed by atoms with Crippen molar-refractivity contribution < 1.29 is 9.72 Å². The van der Waals surface area contributed by atoms with Gasteiger partial charge in [-0.3, -0.25) is 14.9 Å². The van der Waals surface area contributed by atoms with Crippen molar-refractivity contribution in [1.82, 2.24) is 9.88 Å². The molecule has 1 aliphatic rings. The lowest BCUT2D eigenvalue weighted by Crippen LogP contribution is -2.30. The van der Waals surface area contributed by atoms with Crippen LogP contribution in [0.2, 0.25) is 0 Å². The van der Waals surface area contributed by atoms with Crippen LogP contribution in [0.1, 0.15) is 34.9 Å². The van der Waals surface area contributed by atoms with Gasteiger partial charge in [0.1, 0.15) is 11.2 Å². The largest absolute Gasteiger partial charge is 0.345 e. The minimum Gasteiger partial charge on any atom is -0.345 e. The number of fused-ring (bicyclic) bond motifs is 1. The van der Waals surface area contributed by atoms with E-state index in [-0.39, 0.29) is 17.6 Å². The first-order valence-corrected chi connectivity index (χ1v) is 8.68. The minimum absolute atomic E-state index is 0.0117. The van der Waals surface area contributed by atoms with Gasteiger partial charge in [-0.15, -0.1) is 0 Å². The van der Waals surface area contributed by atoms with Gasteiger partial charge in [-0.2, -0.15) is 11.3 Å². The topological polar surface area (TPSA) is 79.2 Å². The Bertz CT molecular complexity index is 916. The number of hydrogen-bond acceptors (Lipinski definition) is 4. The van der Waals surface area contributed by atoms with Crippen LogP contribution in [0.3, 0.4) is 0 Å². The minimum atomic E-state index is -0.433. The summed E-state index contributed by atoms with van der Waals surface area (Å²) in [6.45, 7) is 0.705. The number of carbonyl (C=O) groups excluding carboxylic acids is 1. The van der Waals surface area contributed by atoms with Crippen molar-refractivity contribution in [3.63, 3.8) is 0 Å². The number of amides is 1. The van der Waals surface area contributed by atoms with Gasteiger partial charge in [0.2, 0.25) is 0 Å². The van der Waals surface area contributed by atoms with Crippen LogP contribution >= 0.6 is 11.3 Å². The molecule has 1 aliphatic heterocycles. The molecule has 24 heavy (non-hydrogen) atoms. The summed E-state index contributed by atoms with van der Waals surface area (Å²) in [5.74, 6) is -0.103. The fourth-order valence-corrected chi connectivity index (χ4v) is 4.09. The van der Waals surface area contributed by atoms with E-state index in [1.165, 1.54) is 6.07 Å². The molecule has 3 heterocycles. The number of hydrogen-bond donors (Lipinski definition) is 1. The molecular weight excluding hydrogens is 326 g/mol. The first kappa shape index (κ1) is 14.9. The van der Waals surface area contributed by atoms with E-state index >= 15 is 0 Å². The first-order valence-electron chi connectivity index (χ1n) is 7.74. The summed E-state index contributed by atoms with van der Waals surface area (Å²) in [6.07, 6.45) is 1.91. The Morgan fingerprint density at radius 1 is 1.38 bits per heavy atom. The van der Waals surface area contributed by atoms with E-state index in [1.54, 1.807) is 29.5 Å². The smallest absolute Gasteiger partial charge is 0.293 e. The Balaban J connectivity index is 1.71. The Morgan fingerprint density at radius 2 is 2.25 bits per heavy atom. The SMILES string of the molecule is O=C(c1cc2cccc([N+](=O)[O-])c2[nH]1)N1CCC[C@@H]1c1ccsc1. The van der Waals surface area contributed by atoms with Crippen LogP contribution in [-0.4, -0.2) is 27.3 Å². The number of H-pyrrole nitrogens is 1. The molecular formula is C17H15N3O3S. The number of nitro groups is 1. The normalized spacial score (nSPS) is 17.5. The summed E-state index contributed by atoms with van der Waals surface area (Å²) < 4.78 is 0. The van der Waals surface area contributed by atoms with Crippen molar-refractivity contribution in [3.8, 4) is 0 Å². The zero-order valence-corrected chi connectivity index (χ0v) is 13.6. The predicted octanol–water partition coefficient (Wildman–Crippen LogP) is 4.11. The number of rotatable bonds is 3. The lowest BCUT2D eigenvalue weighted by atomic mass is 10.1. The lowest BCUT2D eigenvalue weighted by Gasteiger charge is -2.23. The molecule has 2 aromatic heterocycles. The van der Waals surface area contributed by atoms with Crippen LogP contribution in [0.25, 0.3) is 10.9 Å². The Hall–Kier alpha value is -2.67. The second-order valence-corrected chi connectivity index (χ2v) is 6.67. The van der Waals surface area contributed by atoms with Crippen molar-refractivity contribution in [2.75, 3.05) is 6.54 Å². The molecule has 6 nitrogen and oxygen atoms in total. The van der Waals surface area contributed by atoms with Crippen LogP contribution in [-0.2, 0) is 0 Å². The van der Waals surface area contributed by atoms with Crippen molar-refractivity contribution in [2.24, 2.45) is 0 Å². The number of non-ortho nitro benzene ring substituents is 1. The molecule has 1 fully saturated rings. The standard InChI is InChI=1S/C17H15N3O3S/c21-17(19-7-2-5-14(19)12-6-8-24-10-12)13-9-11-3-1-4-15(20(22)23)16(11)18-13/h1,3-4,6,8-10,14,18H,2,5,7H2/t14-/m1/s1. The number of nitrogens with zero attached hydrogens (tertiary/aromatic N) is 2. The van der Waals surface area contributed by atoms with E-state index in [9.17, 15) is 14.9 Å². The van der Waals surface area contributed by atoms with Gasteiger partial charge < -0.3 is 9.88 Å². The fourth-order valence-electron chi connectivity index (χ4n) is 3.38. The number of para-hydroxylation sites is 1. The second-order valence-electron chi connectivity index (χ2n) is 5.89. The van der Waals surface area contributed by atoms with Gasteiger partial charge in [-0.05, 0) is 41.3 Å². The summed E-state index contributed by atoms with van der Waals surface area (Å²) in [5, 5.41) is 15.9. The molecule has 122 valence electrons. The van der Waals surface area contributed by atoms with Crippen LogP contribution in [0.5, 0.6) is 0 Å². The number of nitro benzene ring substituents is 1. The van der Waals surface area contributed by atoms with Gasteiger partial charge in [0.25, 0.3) is 11.6 Å². The van der Waals surface area contributed by atoms with Crippen LogP contribution in [0.4, 0.5) is 5.69 Å². The Kier molecular flexibility index (Phi) is 3.57. The average Bonchev–Trinajstić information content (AvgIpc) is 3.31. The molecule has 0 saturated carbocycles. The van der Waals surface area contributed by atoms with E-state index in [0.717, 1.165) is 18.4 Å². The molecule has 3 aromatic rings. The van der Waals surface area contributed by atoms with Gasteiger partial charge in [0, 0.05) is 18.0 Å². The van der Waals surface area contributed by atoms with Crippen molar-refractivity contribution in [1.29, 1.82) is 0 Å². The highest BCUT2D eigenvalue weighted by molar-refractivity contribution is 7.08. The first-order chi connectivity index (χ1) is 11.6. The molecule has 1 atom stereocenters. The maximum Gasteiger partial charge on any atom is 0.293 e. The third-order valence-electron chi connectivity index (χ3n) is 4.50. The summed E-state index contributed by atoms with van der Waals surface area (Å²) in [7, 11) is 0. The molecule has 1 saturated heterocycles. The van der Waals surface area contributed by atoms with Gasteiger partial charge in [0.05, 0.1) is 11.0 Å². The zero-order valence-electron chi connectivity index (χ0n) is 12.8. The van der Waals surface area contributed by atoms with Crippen molar-refractivity contribution in [2.45, 2.75) is 18.9 Å². The van der Waals surface area contributed by atoms with E-state index in [4.69, 9.17) is 0 Å². The molecule has 7 heteroatoms. The third kappa shape index (κ3) is 2.37. The van der Waals surface area contributed by atoms with Gasteiger partial charge in [-0.1, -0.05) is 12.1 Å². The highest BCUT2D eigenvalue weighted by atomic mass is 32.1. The molecule has 4 rings (SSSR count). The molecule has 1 N–H and O–H groups in total. The monoisotopic (exact) mass is 341 g/mol. The van der Waals surface area contributed by atoms with Gasteiger partial charge in [-0.25, -0.2) is 0 Å². The van der Waals surface area contributed by atoms with E-state index in [2.05, 4.69) is 16.4 Å². The van der Waals surface area contributed by atoms with E-state index < -0.39 is 4.92 Å². The van der Waals surface area contributed by atoms with Crippen LogP contribution < -0.4 is 0 Å². The summed E-state index contributed by atoms with van der Waals surface area (Å²) >= 11 is 1.62. The number of likely N-dealkylation sites (tertiary alicyclic amines) is 1. The summed E-state index contributed by atoms with van der Waals surface area (Å²) in [4.78, 5) is 28.5. The second kappa shape index (κ2) is 5.76. The van der Waals surface area contributed by atoms with E-state index in [1.807, 2.05) is 10.3 Å². The van der Waals surface area contributed by atoms with Gasteiger partial charge >= 0.3 is 0 Å². The predicted molar refractivity (Wildman–Crippen MR) is 92.3 cm³/mol. The number of nitrogens with one attached hydrogen (secondary N) is 1. The molecule has 0 unspecified atom stereocenters. The van der Waals surface area contributed by atoms with E-state index in [0.29, 0.717) is 23.1 Å². The average molecular weight is 341 g/mol. The van der Waals surface area contributed by atoms with Gasteiger partial charge in [0.15, 0.2) is 0 Å². The molecule has 0 radical (unpaired) electrons. The number of thiophene rings is 1. The molecule has 0 spiro atoms. The molecule has 0 aliphatic carbocycles. The Labute approximate surface area is 141 Å². The quantitative estimate of drug-likeness (QED) is 0.575.